The van der Waals surface area contributed by atoms with Gasteiger partial charge in [-0.1, -0.05) is 12.2 Å². The van der Waals surface area contributed by atoms with Gasteiger partial charge in [0.2, 0.25) is 0 Å². The Hall–Kier alpha value is -1.62. The van der Waals surface area contributed by atoms with Crippen LogP contribution >= 0.6 is 11.3 Å². The number of hydrogen-bond acceptors (Lipinski definition) is 3. The fourth-order valence-electron chi connectivity index (χ4n) is 1.13. The molecule has 1 heterocycles. The van der Waals surface area contributed by atoms with E-state index in [9.17, 15) is 4.79 Å². The van der Waals surface area contributed by atoms with E-state index in [0.29, 0.717) is 11.6 Å². The van der Waals surface area contributed by atoms with Gasteiger partial charge in [0.05, 0.1) is 5.69 Å². The van der Waals surface area contributed by atoms with E-state index in [0.717, 1.165) is 17.0 Å². The Bertz CT molecular complexity index is 357. The van der Waals surface area contributed by atoms with E-state index in [1.807, 2.05) is 0 Å². The number of nitrogens with two attached hydrogens (primary N) is 1. The number of nitrogens with zero attached hydrogens (tertiary/aromatic N) is 1. The molecule has 0 saturated carbocycles. The summed E-state index contributed by atoms with van der Waals surface area (Å²) in [6, 6.07) is -0.598. The van der Waals surface area contributed by atoms with E-state index >= 15 is 0 Å². The number of rotatable bonds is 5. The smallest absolute Gasteiger partial charge is 0.318 e. The Morgan fingerprint density at radius 2 is 2.13 bits per heavy atom. The van der Waals surface area contributed by atoms with Gasteiger partial charge in [0, 0.05) is 17.7 Å². The summed E-state index contributed by atoms with van der Waals surface area (Å²) in [5.41, 5.74) is 5.92. The predicted octanol–water partition coefficient (Wildman–Crippen LogP) is 2.09. The number of primary amides is 1. The first-order valence-electron chi connectivity index (χ1n) is 4.44. The molecule has 0 aliphatic rings. The number of allylic oxidation sites excluding steroid dienone is 2. The minimum absolute atomic E-state index is 0.524. The van der Waals surface area contributed by atoms with Gasteiger partial charge in [-0.3, -0.25) is 5.32 Å². The molecule has 0 aliphatic heterocycles. The second-order valence-electron chi connectivity index (χ2n) is 2.86. The summed E-state index contributed by atoms with van der Waals surface area (Å²) in [4.78, 5) is 16.0. The molecule has 0 fully saturated rings. The van der Waals surface area contributed by atoms with Crippen LogP contribution in [0.3, 0.4) is 0 Å². The Labute approximate surface area is 92.5 Å². The average Bonchev–Trinajstić information content (AvgIpc) is 2.48. The zero-order chi connectivity index (χ0) is 11.3. The largest absolute Gasteiger partial charge is 0.351 e. The van der Waals surface area contributed by atoms with Crippen molar-refractivity contribution in [3.8, 4) is 0 Å². The SMILES string of the molecule is C=CCc1nc(NC(N)=O)sc1CC=C. The summed E-state index contributed by atoms with van der Waals surface area (Å²) in [6.07, 6.45) is 4.99. The number of anilines is 1. The Kier molecular flexibility index (Phi) is 4.05. The van der Waals surface area contributed by atoms with Gasteiger partial charge in [-0.2, -0.15) is 0 Å². The van der Waals surface area contributed by atoms with E-state index < -0.39 is 6.03 Å². The minimum Gasteiger partial charge on any atom is -0.351 e. The van der Waals surface area contributed by atoms with Gasteiger partial charge in [0.25, 0.3) is 0 Å². The van der Waals surface area contributed by atoms with Crippen molar-refractivity contribution in [2.75, 3.05) is 5.32 Å². The molecule has 0 aliphatic carbocycles. The highest BCUT2D eigenvalue weighted by Crippen LogP contribution is 2.24. The number of carbonyl (C=O) groups is 1. The Balaban J connectivity index is 2.91. The number of amides is 2. The molecular weight excluding hydrogens is 210 g/mol. The van der Waals surface area contributed by atoms with Crippen molar-refractivity contribution in [1.82, 2.24) is 4.98 Å². The summed E-state index contributed by atoms with van der Waals surface area (Å²) in [5.74, 6) is 0. The van der Waals surface area contributed by atoms with Crippen LogP contribution in [-0.2, 0) is 12.8 Å². The van der Waals surface area contributed by atoms with Crippen LogP contribution in [0.1, 0.15) is 10.6 Å². The third kappa shape index (κ3) is 3.21. The summed E-state index contributed by atoms with van der Waals surface area (Å²) < 4.78 is 0. The topological polar surface area (TPSA) is 68.0 Å². The van der Waals surface area contributed by atoms with E-state index in [-0.39, 0.29) is 0 Å². The highest BCUT2D eigenvalue weighted by molar-refractivity contribution is 7.15. The summed E-state index contributed by atoms with van der Waals surface area (Å²) in [5, 5.41) is 2.98. The first-order valence-corrected chi connectivity index (χ1v) is 5.25. The summed E-state index contributed by atoms with van der Waals surface area (Å²) in [7, 11) is 0. The van der Waals surface area contributed by atoms with Crippen LogP contribution in [0.4, 0.5) is 9.93 Å². The van der Waals surface area contributed by atoms with Crippen molar-refractivity contribution in [1.29, 1.82) is 0 Å². The summed E-state index contributed by atoms with van der Waals surface area (Å²) in [6.45, 7) is 7.32. The lowest BCUT2D eigenvalue weighted by Gasteiger charge is -1.93. The number of urea groups is 1. The molecule has 0 aromatic carbocycles. The zero-order valence-electron chi connectivity index (χ0n) is 8.32. The molecule has 80 valence electrons. The highest BCUT2D eigenvalue weighted by Gasteiger charge is 2.09. The molecule has 0 saturated heterocycles. The Morgan fingerprint density at radius 1 is 1.47 bits per heavy atom. The lowest BCUT2D eigenvalue weighted by molar-refractivity contribution is 0.259. The second-order valence-corrected chi connectivity index (χ2v) is 3.95. The standard InChI is InChI=1S/C10H13N3OS/c1-3-5-7-8(6-4-2)15-10(12-7)13-9(11)14/h3-4H,1-2,5-6H2,(H3,11,12,13,14). The third-order valence-corrected chi connectivity index (χ3v) is 2.71. The minimum atomic E-state index is -0.598. The van der Waals surface area contributed by atoms with E-state index in [1.54, 1.807) is 12.2 Å². The first kappa shape index (κ1) is 11.5. The number of nitrogens with one attached hydrogen (secondary N) is 1. The van der Waals surface area contributed by atoms with Crippen molar-refractivity contribution in [3.05, 3.63) is 35.9 Å². The molecule has 0 bridgehead atoms. The molecule has 1 aromatic rings. The summed E-state index contributed by atoms with van der Waals surface area (Å²) >= 11 is 1.41. The zero-order valence-corrected chi connectivity index (χ0v) is 9.14. The van der Waals surface area contributed by atoms with Crippen molar-refractivity contribution >= 4 is 22.5 Å². The molecule has 1 rings (SSSR count). The molecule has 3 N–H and O–H groups in total. The number of carbonyl (C=O) groups excluding carboxylic acids is 1. The van der Waals surface area contributed by atoms with Crippen molar-refractivity contribution in [2.45, 2.75) is 12.8 Å². The molecule has 1 aromatic heterocycles. The lowest BCUT2D eigenvalue weighted by Crippen LogP contribution is -2.19. The van der Waals surface area contributed by atoms with Gasteiger partial charge in [0.1, 0.15) is 0 Å². The molecular formula is C10H13N3OS. The normalized spacial score (nSPS) is 9.60. The molecule has 5 heteroatoms. The first-order chi connectivity index (χ1) is 7.17. The lowest BCUT2D eigenvalue weighted by atomic mass is 10.2. The maximum absolute atomic E-state index is 10.6. The van der Waals surface area contributed by atoms with E-state index in [2.05, 4.69) is 23.5 Å². The third-order valence-electron chi connectivity index (χ3n) is 1.68. The quantitative estimate of drug-likeness (QED) is 0.750. The van der Waals surface area contributed by atoms with Crippen LogP contribution in [-0.4, -0.2) is 11.0 Å². The number of hydrogen-bond donors (Lipinski definition) is 2. The van der Waals surface area contributed by atoms with Crippen molar-refractivity contribution < 1.29 is 4.79 Å². The van der Waals surface area contributed by atoms with Gasteiger partial charge in [-0.15, -0.1) is 24.5 Å². The van der Waals surface area contributed by atoms with Crippen molar-refractivity contribution in [2.24, 2.45) is 5.73 Å². The van der Waals surface area contributed by atoms with Crippen LogP contribution in [0.15, 0.2) is 25.3 Å². The van der Waals surface area contributed by atoms with Gasteiger partial charge in [-0.05, 0) is 0 Å². The second kappa shape index (κ2) is 5.31. The van der Waals surface area contributed by atoms with Crippen LogP contribution < -0.4 is 11.1 Å². The van der Waals surface area contributed by atoms with Crippen LogP contribution in [0.25, 0.3) is 0 Å². The maximum atomic E-state index is 10.6. The molecule has 2 amide bonds. The molecule has 15 heavy (non-hydrogen) atoms. The monoisotopic (exact) mass is 223 g/mol. The molecule has 0 spiro atoms. The molecule has 0 unspecified atom stereocenters. The molecule has 0 atom stereocenters. The number of aromatic nitrogens is 1. The van der Waals surface area contributed by atoms with Crippen molar-refractivity contribution in [3.63, 3.8) is 0 Å². The van der Waals surface area contributed by atoms with Crippen LogP contribution in [0.5, 0.6) is 0 Å². The fourth-order valence-corrected chi connectivity index (χ4v) is 2.12. The Morgan fingerprint density at radius 3 is 2.67 bits per heavy atom. The van der Waals surface area contributed by atoms with Gasteiger partial charge in [0.15, 0.2) is 5.13 Å². The fraction of sp³-hybridized carbons (Fsp3) is 0.200. The number of thiazole rings is 1. The highest BCUT2D eigenvalue weighted by atomic mass is 32.1. The average molecular weight is 223 g/mol. The van der Waals surface area contributed by atoms with E-state index in [1.165, 1.54) is 11.3 Å². The van der Waals surface area contributed by atoms with Crippen LogP contribution in [0, 0.1) is 0 Å². The van der Waals surface area contributed by atoms with E-state index in [4.69, 9.17) is 5.73 Å². The van der Waals surface area contributed by atoms with Gasteiger partial charge >= 0.3 is 6.03 Å². The van der Waals surface area contributed by atoms with Crippen LogP contribution in [0.2, 0.25) is 0 Å². The van der Waals surface area contributed by atoms with Gasteiger partial charge in [-0.25, -0.2) is 9.78 Å². The maximum Gasteiger partial charge on any atom is 0.318 e. The molecule has 0 radical (unpaired) electrons. The predicted molar refractivity (Wildman–Crippen MR) is 63.1 cm³/mol. The van der Waals surface area contributed by atoms with Gasteiger partial charge < -0.3 is 5.73 Å². The molecule has 4 nitrogen and oxygen atoms in total.